The molecular weight excluding hydrogens is 273 g/mol. The lowest BCUT2D eigenvalue weighted by molar-refractivity contribution is -0.120. The van der Waals surface area contributed by atoms with Crippen molar-refractivity contribution < 1.29 is 17.6 Å². The Bertz CT molecular complexity index is 516. The number of sulfonamides is 1. The molecule has 4 N–H and O–H groups in total. The number of hydrogen-bond acceptors (Lipinski definition) is 4. The molecule has 0 aliphatic carbocycles. The van der Waals surface area contributed by atoms with Crippen LogP contribution in [0.25, 0.3) is 0 Å². The van der Waals surface area contributed by atoms with Gasteiger partial charge in [-0.2, -0.15) is 0 Å². The van der Waals surface area contributed by atoms with Crippen LogP contribution in [0.15, 0.2) is 29.2 Å². The average molecular weight is 289 g/mol. The third-order valence-electron chi connectivity index (χ3n) is 2.23. The van der Waals surface area contributed by atoms with Crippen LogP contribution in [-0.2, 0) is 14.8 Å². The van der Waals surface area contributed by atoms with E-state index in [9.17, 15) is 17.6 Å². The highest BCUT2D eigenvalue weighted by molar-refractivity contribution is 7.89. The molecular formula is C11H16FN3O3S. The Morgan fingerprint density at radius 3 is 2.42 bits per heavy atom. The van der Waals surface area contributed by atoms with Crippen LogP contribution in [-0.4, -0.2) is 34.0 Å². The standard InChI is InChI=1S/C11H16FN3O3S/c12-9-1-3-10(4-2-9)19(17,18)15-7-5-11(16)14-8-6-13/h1-4,15H,5-8,13H2,(H,14,16). The minimum absolute atomic E-state index is 0.0143. The quantitative estimate of drug-likeness (QED) is 0.634. The molecule has 0 saturated heterocycles. The van der Waals surface area contributed by atoms with Crippen LogP contribution in [0.4, 0.5) is 4.39 Å². The van der Waals surface area contributed by atoms with E-state index in [1.165, 1.54) is 0 Å². The molecule has 0 radical (unpaired) electrons. The smallest absolute Gasteiger partial charge is 0.240 e. The predicted molar refractivity (Wildman–Crippen MR) is 68.3 cm³/mol. The number of nitrogens with two attached hydrogens (primary N) is 1. The molecule has 0 fully saturated rings. The van der Waals surface area contributed by atoms with Gasteiger partial charge in [-0.1, -0.05) is 0 Å². The maximum Gasteiger partial charge on any atom is 0.240 e. The molecule has 1 rings (SSSR count). The van der Waals surface area contributed by atoms with E-state index in [2.05, 4.69) is 10.0 Å². The number of benzene rings is 1. The van der Waals surface area contributed by atoms with E-state index in [0.717, 1.165) is 24.3 Å². The summed E-state index contributed by atoms with van der Waals surface area (Å²) in [5.74, 6) is -0.799. The van der Waals surface area contributed by atoms with Crippen LogP contribution in [0.1, 0.15) is 6.42 Å². The highest BCUT2D eigenvalue weighted by atomic mass is 32.2. The minimum atomic E-state index is -3.71. The third-order valence-corrected chi connectivity index (χ3v) is 3.71. The van der Waals surface area contributed by atoms with Crippen LogP contribution in [0, 0.1) is 5.82 Å². The third kappa shape index (κ3) is 5.33. The Labute approximate surface area is 111 Å². The van der Waals surface area contributed by atoms with Crippen LogP contribution >= 0.6 is 0 Å². The first-order chi connectivity index (χ1) is 8.95. The second kappa shape index (κ2) is 7.17. The van der Waals surface area contributed by atoms with Gasteiger partial charge < -0.3 is 11.1 Å². The van der Waals surface area contributed by atoms with Crippen LogP contribution < -0.4 is 15.8 Å². The van der Waals surface area contributed by atoms with Gasteiger partial charge in [0.25, 0.3) is 0 Å². The van der Waals surface area contributed by atoms with Gasteiger partial charge in [-0.15, -0.1) is 0 Å². The molecule has 0 aliphatic heterocycles. The first-order valence-corrected chi connectivity index (χ1v) is 7.16. The van der Waals surface area contributed by atoms with Crippen LogP contribution in [0.3, 0.4) is 0 Å². The van der Waals surface area contributed by atoms with E-state index >= 15 is 0 Å². The van der Waals surface area contributed by atoms with E-state index < -0.39 is 15.8 Å². The molecule has 0 spiro atoms. The van der Waals surface area contributed by atoms with E-state index in [0.29, 0.717) is 13.1 Å². The molecule has 0 saturated carbocycles. The number of halogens is 1. The van der Waals surface area contributed by atoms with Gasteiger partial charge in [-0.25, -0.2) is 17.5 Å². The highest BCUT2D eigenvalue weighted by Crippen LogP contribution is 2.09. The lowest BCUT2D eigenvalue weighted by Gasteiger charge is -2.07. The Morgan fingerprint density at radius 1 is 1.21 bits per heavy atom. The molecule has 1 aromatic rings. The number of amides is 1. The van der Waals surface area contributed by atoms with Crippen LogP contribution in [0.5, 0.6) is 0 Å². The Balaban J connectivity index is 2.47. The molecule has 0 unspecified atom stereocenters. The molecule has 0 atom stereocenters. The number of carbonyl (C=O) groups excluding carboxylic acids is 1. The monoisotopic (exact) mass is 289 g/mol. The van der Waals surface area contributed by atoms with Gasteiger partial charge in [-0.3, -0.25) is 4.79 Å². The van der Waals surface area contributed by atoms with Crippen molar-refractivity contribution >= 4 is 15.9 Å². The first-order valence-electron chi connectivity index (χ1n) is 5.67. The van der Waals surface area contributed by atoms with Crippen molar-refractivity contribution in [1.82, 2.24) is 10.0 Å². The van der Waals surface area contributed by atoms with Gasteiger partial charge in [-0.05, 0) is 24.3 Å². The van der Waals surface area contributed by atoms with Crippen molar-refractivity contribution in [3.8, 4) is 0 Å². The van der Waals surface area contributed by atoms with Crippen molar-refractivity contribution in [2.45, 2.75) is 11.3 Å². The number of carbonyl (C=O) groups is 1. The predicted octanol–water partition coefficient (Wildman–Crippen LogP) is -0.431. The summed E-state index contributed by atoms with van der Waals surface area (Å²) in [5.41, 5.74) is 5.21. The molecule has 19 heavy (non-hydrogen) atoms. The molecule has 6 nitrogen and oxygen atoms in total. The van der Waals surface area contributed by atoms with E-state index in [1.807, 2.05) is 0 Å². The zero-order chi connectivity index (χ0) is 14.3. The summed E-state index contributed by atoms with van der Waals surface area (Å²) in [7, 11) is -3.71. The maximum atomic E-state index is 12.7. The summed E-state index contributed by atoms with van der Waals surface area (Å²) >= 11 is 0. The largest absolute Gasteiger partial charge is 0.355 e. The van der Waals surface area contributed by atoms with Crippen molar-refractivity contribution in [3.05, 3.63) is 30.1 Å². The normalized spacial score (nSPS) is 11.3. The Kier molecular flexibility index (Phi) is 5.87. The van der Waals surface area contributed by atoms with Gasteiger partial charge >= 0.3 is 0 Å². The lowest BCUT2D eigenvalue weighted by atomic mass is 10.4. The zero-order valence-corrected chi connectivity index (χ0v) is 11.0. The van der Waals surface area contributed by atoms with Crippen molar-refractivity contribution in [2.24, 2.45) is 5.73 Å². The average Bonchev–Trinajstić information content (AvgIpc) is 2.36. The Morgan fingerprint density at radius 2 is 1.84 bits per heavy atom. The maximum absolute atomic E-state index is 12.7. The fourth-order valence-electron chi connectivity index (χ4n) is 1.30. The second-order valence-electron chi connectivity index (χ2n) is 3.74. The molecule has 0 heterocycles. The molecule has 0 bridgehead atoms. The molecule has 0 aromatic heterocycles. The van der Waals surface area contributed by atoms with Gasteiger partial charge in [0.2, 0.25) is 15.9 Å². The Hall–Kier alpha value is -1.51. The van der Waals surface area contributed by atoms with Gasteiger partial charge in [0.1, 0.15) is 5.82 Å². The summed E-state index contributed by atoms with van der Waals surface area (Å²) in [6.45, 7) is 0.646. The van der Waals surface area contributed by atoms with Crippen molar-refractivity contribution in [3.63, 3.8) is 0 Å². The SMILES string of the molecule is NCCNC(=O)CCNS(=O)(=O)c1ccc(F)cc1. The topological polar surface area (TPSA) is 101 Å². The highest BCUT2D eigenvalue weighted by Gasteiger charge is 2.13. The zero-order valence-electron chi connectivity index (χ0n) is 10.2. The van der Waals surface area contributed by atoms with E-state index in [1.54, 1.807) is 0 Å². The van der Waals surface area contributed by atoms with Gasteiger partial charge in [0.05, 0.1) is 4.90 Å². The fourth-order valence-corrected chi connectivity index (χ4v) is 2.33. The van der Waals surface area contributed by atoms with Crippen molar-refractivity contribution in [1.29, 1.82) is 0 Å². The fraction of sp³-hybridized carbons (Fsp3) is 0.364. The summed E-state index contributed by atoms with van der Waals surface area (Å²) in [6, 6.07) is 4.43. The lowest BCUT2D eigenvalue weighted by Crippen LogP contribution is -2.33. The number of rotatable bonds is 7. The molecule has 8 heteroatoms. The van der Waals surface area contributed by atoms with Crippen LogP contribution in [0.2, 0.25) is 0 Å². The second-order valence-corrected chi connectivity index (χ2v) is 5.51. The van der Waals surface area contributed by atoms with Gasteiger partial charge in [0, 0.05) is 26.1 Å². The van der Waals surface area contributed by atoms with Gasteiger partial charge in [0.15, 0.2) is 0 Å². The number of hydrogen-bond donors (Lipinski definition) is 3. The van der Waals surface area contributed by atoms with Crippen molar-refractivity contribution in [2.75, 3.05) is 19.6 Å². The van der Waals surface area contributed by atoms with E-state index in [-0.39, 0.29) is 23.8 Å². The molecule has 1 amide bonds. The molecule has 0 aliphatic rings. The summed E-state index contributed by atoms with van der Waals surface area (Å²) in [4.78, 5) is 11.2. The number of nitrogens with one attached hydrogen (secondary N) is 2. The summed E-state index contributed by atoms with van der Waals surface area (Å²) in [5, 5.41) is 2.52. The summed E-state index contributed by atoms with van der Waals surface area (Å²) < 4.78 is 38.4. The minimum Gasteiger partial charge on any atom is -0.355 e. The molecule has 106 valence electrons. The molecule has 1 aromatic carbocycles. The summed E-state index contributed by atoms with van der Waals surface area (Å²) in [6.07, 6.45) is 0.0143. The van der Waals surface area contributed by atoms with E-state index in [4.69, 9.17) is 5.73 Å². The first kappa shape index (κ1) is 15.5.